The van der Waals surface area contributed by atoms with Crippen molar-refractivity contribution in [3.8, 4) is 0 Å². The summed E-state index contributed by atoms with van der Waals surface area (Å²) in [6.45, 7) is 4.41. The first-order valence-corrected chi connectivity index (χ1v) is 12.4. The number of hydrogen-bond donors (Lipinski definition) is 2. The highest BCUT2D eigenvalue weighted by Crippen LogP contribution is 2.38. The third-order valence-electron chi connectivity index (χ3n) is 6.02. The third-order valence-corrected chi connectivity index (χ3v) is 7.23. The molecule has 0 spiro atoms. The van der Waals surface area contributed by atoms with E-state index >= 15 is 0 Å². The molecule has 0 saturated heterocycles. The second kappa shape index (κ2) is 9.41. The van der Waals surface area contributed by atoms with Crippen molar-refractivity contribution in [1.29, 1.82) is 0 Å². The minimum Gasteiger partial charge on any atom is -0.444 e. The molecule has 36 heavy (non-hydrogen) atoms. The lowest BCUT2D eigenvalue weighted by atomic mass is 9.95. The number of carbonyl (C=O) groups is 3. The summed E-state index contributed by atoms with van der Waals surface area (Å²) in [6, 6.07) is 0. The van der Waals surface area contributed by atoms with E-state index in [0.29, 0.717) is 11.4 Å². The molecule has 196 valence electrons. The summed E-state index contributed by atoms with van der Waals surface area (Å²) in [7, 11) is 0. The molecule has 2 aromatic heterocycles. The zero-order valence-electron chi connectivity index (χ0n) is 20.3. The van der Waals surface area contributed by atoms with Gasteiger partial charge in [-0.2, -0.15) is 18.3 Å². The van der Waals surface area contributed by atoms with Crippen molar-refractivity contribution >= 4 is 34.2 Å². The van der Waals surface area contributed by atoms with Crippen LogP contribution in [0.2, 0.25) is 0 Å². The van der Waals surface area contributed by atoms with Gasteiger partial charge in [-0.1, -0.05) is 0 Å². The van der Waals surface area contributed by atoms with E-state index in [4.69, 9.17) is 10.5 Å². The Morgan fingerprint density at radius 2 is 1.81 bits per heavy atom. The van der Waals surface area contributed by atoms with Gasteiger partial charge in [0.05, 0.1) is 17.8 Å². The molecule has 0 atom stereocenters. The number of carbonyl (C=O) groups excluding carboxylic acids is 3. The van der Waals surface area contributed by atoms with Gasteiger partial charge in [0.25, 0.3) is 5.91 Å². The summed E-state index contributed by atoms with van der Waals surface area (Å²) >= 11 is 1.27. The average molecular weight is 528 g/mol. The Bertz CT molecular complexity index is 1210. The van der Waals surface area contributed by atoms with E-state index in [0.717, 1.165) is 34.4 Å². The lowest BCUT2D eigenvalue weighted by molar-refractivity contribution is -0.142. The molecule has 2 aromatic rings. The highest BCUT2D eigenvalue weighted by atomic mass is 32.1. The molecule has 0 unspecified atom stereocenters. The first-order chi connectivity index (χ1) is 16.7. The van der Waals surface area contributed by atoms with Crippen molar-refractivity contribution in [3.63, 3.8) is 0 Å². The van der Waals surface area contributed by atoms with E-state index < -0.39 is 41.9 Å². The van der Waals surface area contributed by atoms with Gasteiger partial charge in [-0.25, -0.2) is 4.79 Å². The molecule has 0 radical (unpaired) electrons. The quantitative estimate of drug-likeness (QED) is 0.626. The monoisotopic (exact) mass is 527 g/mol. The van der Waals surface area contributed by atoms with Crippen LogP contribution >= 0.6 is 11.3 Å². The molecule has 0 saturated carbocycles. The van der Waals surface area contributed by atoms with Crippen LogP contribution in [0.25, 0.3) is 0 Å². The van der Waals surface area contributed by atoms with E-state index in [1.165, 1.54) is 16.2 Å². The summed E-state index contributed by atoms with van der Waals surface area (Å²) in [6.07, 6.45) is -2.12. The Morgan fingerprint density at radius 3 is 2.44 bits per heavy atom. The van der Waals surface area contributed by atoms with Crippen LogP contribution in [0.5, 0.6) is 0 Å². The average Bonchev–Trinajstić information content (AvgIpc) is 3.30. The fourth-order valence-electron chi connectivity index (χ4n) is 4.54. The van der Waals surface area contributed by atoms with E-state index in [-0.39, 0.29) is 36.3 Å². The largest absolute Gasteiger partial charge is 0.444 e. The Kier molecular flexibility index (Phi) is 6.80. The van der Waals surface area contributed by atoms with E-state index in [1.807, 2.05) is 0 Å². The van der Waals surface area contributed by atoms with Gasteiger partial charge in [0, 0.05) is 17.0 Å². The molecule has 9 nitrogen and oxygen atoms in total. The van der Waals surface area contributed by atoms with E-state index in [1.54, 1.807) is 20.8 Å². The first kappa shape index (κ1) is 26.0. The summed E-state index contributed by atoms with van der Waals surface area (Å²) in [4.78, 5) is 39.8. The van der Waals surface area contributed by atoms with Crippen molar-refractivity contribution in [2.75, 3.05) is 11.9 Å². The van der Waals surface area contributed by atoms with Gasteiger partial charge >= 0.3 is 12.3 Å². The van der Waals surface area contributed by atoms with E-state index in [9.17, 15) is 27.6 Å². The number of aromatic nitrogens is 2. The molecule has 2 aliphatic rings. The topological polar surface area (TPSA) is 120 Å². The first-order valence-electron chi connectivity index (χ1n) is 11.6. The minimum atomic E-state index is -4.72. The molecule has 1 aliphatic heterocycles. The van der Waals surface area contributed by atoms with Gasteiger partial charge in [0.15, 0.2) is 5.69 Å². The zero-order chi connectivity index (χ0) is 26.4. The van der Waals surface area contributed by atoms with E-state index in [2.05, 4.69) is 10.4 Å². The number of nitrogens with one attached hydrogen (secondary N) is 1. The maximum absolute atomic E-state index is 13.7. The van der Waals surface area contributed by atoms with Crippen molar-refractivity contribution in [1.82, 2.24) is 14.7 Å². The number of hydrogen-bond acceptors (Lipinski definition) is 6. The zero-order valence-corrected chi connectivity index (χ0v) is 21.1. The second-order valence-corrected chi connectivity index (χ2v) is 11.0. The van der Waals surface area contributed by atoms with Gasteiger partial charge in [0.2, 0.25) is 5.91 Å². The van der Waals surface area contributed by atoms with Crippen LogP contribution in [0.1, 0.15) is 71.4 Å². The van der Waals surface area contributed by atoms with Gasteiger partial charge in [-0.3, -0.25) is 14.3 Å². The van der Waals surface area contributed by atoms with Crippen LogP contribution in [0.15, 0.2) is 0 Å². The highest BCUT2D eigenvalue weighted by molar-refractivity contribution is 7.17. The number of halogens is 3. The lowest BCUT2D eigenvalue weighted by Gasteiger charge is -2.30. The Balaban J connectivity index is 1.60. The van der Waals surface area contributed by atoms with Crippen molar-refractivity contribution in [2.45, 2.75) is 77.7 Å². The Labute approximate surface area is 209 Å². The molecular weight excluding hydrogens is 499 g/mol. The van der Waals surface area contributed by atoms with Gasteiger partial charge in [-0.05, 0) is 58.4 Å². The predicted molar refractivity (Wildman–Crippen MR) is 126 cm³/mol. The molecule has 0 aromatic carbocycles. The maximum Gasteiger partial charge on any atom is 0.435 e. The number of alkyl halides is 3. The molecule has 13 heteroatoms. The SMILES string of the molecule is CC(C)(C)OC(=O)N1CCc2c(C(F)(F)F)nn(CC(=O)Nc3sc4c(c3C(N)=O)CCCC4)c2C1. The summed E-state index contributed by atoms with van der Waals surface area (Å²) in [5, 5.41) is 6.65. The molecule has 0 fully saturated rings. The fourth-order valence-corrected chi connectivity index (χ4v) is 5.85. The summed E-state index contributed by atoms with van der Waals surface area (Å²) < 4.78 is 47.4. The molecule has 3 N–H and O–H groups in total. The molecule has 0 bridgehead atoms. The van der Waals surface area contributed by atoms with Crippen LogP contribution in [-0.4, -0.2) is 44.7 Å². The summed E-state index contributed by atoms with van der Waals surface area (Å²) in [5.74, 6) is -1.31. The molecular formula is C23H28F3N5O4S. The maximum atomic E-state index is 13.7. The Hall–Kier alpha value is -3.09. The predicted octanol–water partition coefficient (Wildman–Crippen LogP) is 3.87. The van der Waals surface area contributed by atoms with Crippen LogP contribution in [0.3, 0.4) is 0 Å². The Morgan fingerprint density at radius 1 is 1.11 bits per heavy atom. The number of aryl methyl sites for hydroxylation is 1. The molecule has 3 heterocycles. The van der Waals surface area contributed by atoms with Crippen LogP contribution in [0, 0.1) is 0 Å². The van der Waals surface area contributed by atoms with Gasteiger partial charge < -0.3 is 20.7 Å². The van der Waals surface area contributed by atoms with Crippen LogP contribution < -0.4 is 11.1 Å². The number of nitrogens with zero attached hydrogens (tertiary/aromatic N) is 3. The third kappa shape index (κ3) is 5.35. The number of primary amides is 1. The van der Waals surface area contributed by atoms with Crippen LogP contribution in [-0.2, 0) is 48.1 Å². The number of rotatable bonds is 4. The van der Waals surface area contributed by atoms with Gasteiger partial charge in [-0.15, -0.1) is 11.3 Å². The van der Waals surface area contributed by atoms with Crippen LogP contribution in [0.4, 0.5) is 23.0 Å². The number of thiophene rings is 1. The number of amides is 3. The summed E-state index contributed by atoms with van der Waals surface area (Å²) in [5.41, 5.74) is 4.90. The number of anilines is 1. The second-order valence-electron chi connectivity index (χ2n) is 9.91. The normalized spacial score (nSPS) is 15.8. The fraction of sp³-hybridized carbons (Fsp3) is 0.565. The van der Waals surface area contributed by atoms with Crippen molar-refractivity contribution < 1.29 is 32.3 Å². The smallest absolute Gasteiger partial charge is 0.435 e. The minimum absolute atomic E-state index is 0.0333. The standard InChI is InChI=1S/C23H28F3N5O4S/c1-22(2,3)35-21(34)30-9-8-12-14(10-30)31(29-18(12)23(24,25)26)11-16(32)28-20-17(19(27)33)13-6-4-5-7-15(13)36-20/h4-11H2,1-3H3,(H2,27,33)(H,28,32). The van der Waals surface area contributed by atoms with Gasteiger partial charge in [0.1, 0.15) is 17.1 Å². The lowest BCUT2D eigenvalue weighted by Crippen LogP contribution is -2.40. The van der Waals surface area contributed by atoms with Crippen molar-refractivity contribution in [2.24, 2.45) is 5.73 Å². The molecule has 4 rings (SSSR count). The number of ether oxygens (including phenoxy) is 1. The van der Waals surface area contributed by atoms with Crippen molar-refractivity contribution in [3.05, 3.63) is 33.0 Å². The molecule has 3 amide bonds. The molecule has 1 aliphatic carbocycles. The number of nitrogens with two attached hydrogens (primary N) is 1. The number of fused-ring (bicyclic) bond motifs is 2. The highest BCUT2D eigenvalue weighted by Gasteiger charge is 2.41.